The first-order valence-corrected chi connectivity index (χ1v) is 7.68. The highest BCUT2D eigenvalue weighted by molar-refractivity contribution is 6.33. The summed E-state index contributed by atoms with van der Waals surface area (Å²) >= 11 is 6.20. The van der Waals surface area contributed by atoms with Crippen LogP contribution >= 0.6 is 11.6 Å². The second-order valence-corrected chi connectivity index (χ2v) is 5.88. The zero-order valence-electron chi connectivity index (χ0n) is 12.7. The van der Waals surface area contributed by atoms with Gasteiger partial charge in [-0.1, -0.05) is 25.4 Å². The molecule has 22 heavy (non-hydrogen) atoms. The fourth-order valence-corrected chi connectivity index (χ4v) is 2.71. The summed E-state index contributed by atoms with van der Waals surface area (Å²) in [5, 5.41) is 1.60. The SMILES string of the molecule is CCOc1c(Cl)ccc2c(=O)c3ccc(C(C)C)nc3[nH]c12. The van der Waals surface area contributed by atoms with Gasteiger partial charge in [-0.25, -0.2) is 4.98 Å². The Morgan fingerprint density at radius 3 is 2.64 bits per heavy atom. The Labute approximate surface area is 133 Å². The van der Waals surface area contributed by atoms with Crippen molar-refractivity contribution in [1.29, 1.82) is 0 Å². The zero-order valence-corrected chi connectivity index (χ0v) is 13.5. The molecule has 0 aliphatic carbocycles. The molecule has 5 heteroatoms. The van der Waals surface area contributed by atoms with E-state index < -0.39 is 0 Å². The Balaban J connectivity index is 2.42. The van der Waals surface area contributed by atoms with Gasteiger partial charge in [0, 0.05) is 5.69 Å². The number of fused-ring (bicyclic) bond motifs is 2. The molecule has 0 saturated heterocycles. The highest BCUT2D eigenvalue weighted by Gasteiger charge is 2.14. The summed E-state index contributed by atoms with van der Waals surface area (Å²) in [4.78, 5) is 20.5. The molecule has 0 saturated carbocycles. The van der Waals surface area contributed by atoms with Gasteiger partial charge < -0.3 is 9.72 Å². The molecule has 2 heterocycles. The van der Waals surface area contributed by atoms with Crippen LogP contribution in [0.15, 0.2) is 29.1 Å². The van der Waals surface area contributed by atoms with Gasteiger partial charge >= 0.3 is 0 Å². The Morgan fingerprint density at radius 1 is 1.23 bits per heavy atom. The number of nitrogens with zero attached hydrogens (tertiary/aromatic N) is 1. The maximum atomic E-state index is 12.7. The monoisotopic (exact) mass is 316 g/mol. The Bertz CT molecular complexity index is 916. The molecule has 0 fully saturated rings. The van der Waals surface area contributed by atoms with Crippen molar-refractivity contribution in [2.75, 3.05) is 6.61 Å². The topological polar surface area (TPSA) is 55.0 Å². The maximum absolute atomic E-state index is 12.7. The molecule has 0 aliphatic rings. The Hall–Kier alpha value is -2.07. The third-order valence-electron chi connectivity index (χ3n) is 3.64. The van der Waals surface area contributed by atoms with E-state index in [1.54, 1.807) is 12.1 Å². The van der Waals surface area contributed by atoms with Crippen LogP contribution < -0.4 is 10.2 Å². The number of aromatic nitrogens is 2. The standard InChI is InChI=1S/C17H17ClN2O2/c1-4-22-16-12(18)7-5-10-14(16)20-17-11(15(10)21)6-8-13(19-17)9(2)3/h5-9H,4H2,1-3H3,(H,19,20,21). The van der Waals surface area contributed by atoms with Gasteiger partial charge in [0.2, 0.25) is 0 Å². The summed E-state index contributed by atoms with van der Waals surface area (Å²) in [6.07, 6.45) is 0. The minimum atomic E-state index is -0.0656. The number of pyridine rings is 2. The van der Waals surface area contributed by atoms with Crippen LogP contribution in [0.1, 0.15) is 32.4 Å². The van der Waals surface area contributed by atoms with Crippen LogP contribution in [0, 0.1) is 0 Å². The molecule has 0 spiro atoms. The van der Waals surface area contributed by atoms with Crippen LogP contribution in [0.5, 0.6) is 5.75 Å². The molecule has 0 amide bonds. The molecule has 1 aromatic carbocycles. The fourth-order valence-electron chi connectivity index (χ4n) is 2.49. The molecule has 1 N–H and O–H groups in total. The quantitative estimate of drug-likeness (QED) is 0.735. The second-order valence-electron chi connectivity index (χ2n) is 5.47. The van der Waals surface area contributed by atoms with Crippen LogP contribution in [-0.2, 0) is 0 Å². The third kappa shape index (κ3) is 2.33. The molecule has 0 bridgehead atoms. The molecule has 2 aromatic heterocycles. The Morgan fingerprint density at radius 2 is 1.95 bits per heavy atom. The summed E-state index contributed by atoms with van der Waals surface area (Å²) in [6.45, 7) is 6.48. The van der Waals surface area contributed by atoms with E-state index in [1.165, 1.54) is 0 Å². The highest BCUT2D eigenvalue weighted by atomic mass is 35.5. The van der Waals surface area contributed by atoms with E-state index in [9.17, 15) is 4.79 Å². The fraction of sp³-hybridized carbons (Fsp3) is 0.294. The van der Waals surface area contributed by atoms with E-state index in [0.717, 1.165) is 5.69 Å². The molecule has 0 unspecified atom stereocenters. The summed E-state index contributed by atoms with van der Waals surface area (Å²) in [5.41, 5.74) is 2.03. The van der Waals surface area contributed by atoms with E-state index in [0.29, 0.717) is 39.3 Å². The molecular weight excluding hydrogens is 300 g/mol. The van der Waals surface area contributed by atoms with E-state index in [4.69, 9.17) is 16.3 Å². The normalized spacial score (nSPS) is 11.5. The molecule has 114 valence electrons. The number of ether oxygens (including phenoxy) is 1. The van der Waals surface area contributed by atoms with Crippen LogP contribution in [0.3, 0.4) is 0 Å². The van der Waals surface area contributed by atoms with Gasteiger partial charge in [-0.05, 0) is 37.1 Å². The number of hydrogen-bond donors (Lipinski definition) is 1. The molecule has 3 aromatic rings. The van der Waals surface area contributed by atoms with Crippen molar-refractivity contribution in [3.63, 3.8) is 0 Å². The van der Waals surface area contributed by atoms with Gasteiger partial charge in [0.1, 0.15) is 5.65 Å². The Kier molecular flexibility index (Phi) is 3.79. The van der Waals surface area contributed by atoms with Crippen LogP contribution in [0.25, 0.3) is 21.9 Å². The van der Waals surface area contributed by atoms with Crippen LogP contribution in [-0.4, -0.2) is 16.6 Å². The molecule has 0 radical (unpaired) electrons. The third-order valence-corrected chi connectivity index (χ3v) is 3.94. The summed E-state index contributed by atoms with van der Waals surface area (Å²) in [6, 6.07) is 7.12. The van der Waals surface area contributed by atoms with Crippen molar-refractivity contribution in [3.8, 4) is 5.75 Å². The van der Waals surface area contributed by atoms with Gasteiger partial charge in [0.05, 0.1) is 27.9 Å². The second kappa shape index (κ2) is 5.61. The van der Waals surface area contributed by atoms with Gasteiger partial charge in [-0.15, -0.1) is 0 Å². The first-order valence-electron chi connectivity index (χ1n) is 7.30. The lowest BCUT2D eigenvalue weighted by molar-refractivity contribution is 0.344. The minimum Gasteiger partial charge on any atom is -0.490 e. The summed E-state index contributed by atoms with van der Waals surface area (Å²) < 4.78 is 5.60. The number of benzene rings is 1. The van der Waals surface area contributed by atoms with Crippen LogP contribution in [0.4, 0.5) is 0 Å². The van der Waals surface area contributed by atoms with Crippen molar-refractivity contribution in [2.24, 2.45) is 0 Å². The number of aromatic amines is 1. The highest BCUT2D eigenvalue weighted by Crippen LogP contribution is 2.32. The van der Waals surface area contributed by atoms with E-state index in [2.05, 4.69) is 23.8 Å². The zero-order chi connectivity index (χ0) is 15.9. The van der Waals surface area contributed by atoms with Gasteiger partial charge in [-0.2, -0.15) is 0 Å². The van der Waals surface area contributed by atoms with Crippen molar-refractivity contribution in [3.05, 3.63) is 45.2 Å². The predicted molar refractivity (Wildman–Crippen MR) is 90.1 cm³/mol. The average molecular weight is 317 g/mol. The van der Waals surface area contributed by atoms with Gasteiger partial charge in [0.15, 0.2) is 11.2 Å². The molecule has 4 nitrogen and oxygen atoms in total. The summed E-state index contributed by atoms with van der Waals surface area (Å²) in [7, 11) is 0. The lowest BCUT2D eigenvalue weighted by atomic mass is 10.1. The van der Waals surface area contributed by atoms with Gasteiger partial charge in [0.25, 0.3) is 0 Å². The van der Waals surface area contributed by atoms with Crippen molar-refractivity contribution < 1.29 is 4.74 Å². The number of nitrogens with one attached hydrogen (secondary N) is 1. The lowest BCUT2D eigenvalue weighted by Gasteiger charge is -2.11. The largest absolute Gasteiger partial charge is 0.490 e. The smallest absolute Gasteiger partial charge is 0.198 e. The van der Waals surface area contributed by atoms with Gasteiger partial charge in [-0.3, -0.25) is 4.79 Å². The average Bonchev–Trinajstić information content (AvgIpc) is 2.50. The van der Waals surface area contributed by atoms with Crippen molar-refractivity contribution in [1.82, 2.24) is 9.97 Å². The summed E-state index contributed by atoms with van der Waals surface area (Å²) in [5.74, 6) is 0.784. The van der Waals surface area contributed by atoms with Crippen LogP contribution in [0.2, 0.25) is 5.02 Å². The number of hydrogen-bond acceptors (Lipinski definition) is 3. The minimum absolute atomic E-state index is 0.0656. The first kappa shape index (κ1) is 14.9. The lowest BCUT2D eigenvalue weighted by Crippen LogP contribution is -2.08. The molecule has 0 aliphatic heterocycles. The number of rotatable bonds is 3. The first-order chi connectivity index (χ1) is 10.5. The molecular formula is C17H17ClN2O2. The van der Waals surface area contributed by atoms with E-state index in [1.807, 2.05) is 19.1 Å². The van der Waals surface area contributed by atoms with E-state index >= 15 is 0 Å². The molecule has 3 rings (SSSR count). The van der Waals surface area contributed by atoms with Crippen molar-refractivity contribution in [2.45, 2.75) is 26.7 Å². The maximum Gasteiger partial charge on any atom is 0.198 e. The van der Waals surface area contributed by atoms with E-state index in [-0.39, 0.29) is 11.3 Å². The number of halogens is 1. The van der Waals surface area contributed by atoms with Crippen molar-refractivity contribution >= 4 is 33.5 Å². The predicted octanol–water partition coefficient (Wildman–Crippen LogP) is 4.25. The molecule has 0 atom stereocenters. The number of H-pyrrole nitrogens is 1.